The molecular formula is C21H21N3O4S. The second-order valence-corrected chi connectivity index (χ2v) is 8.67. The summed E-state index contributed by atoms with van der Waals surface area (Å²) in [5.41, 5.74) is 6.96. The molecule has 29 heavy (non-hydrogen) atoms. The molecule has 7 nitrogen and oxygen atoms in total. The first-order chi connectivity index (χ1) is 13.9. The van der Waals surface area contributed by atoms with Crippen LogP contribution in [0.4, 0.5) is 0 Å². The molecule has 2 aromatic rings. The zero-order chi connectivity index (χ0) is 20.5. The van der Waals surface area contributed by atoms with Crippen LogP contribution in [0.3, 0.4) is 0 Å². The number of nitrogens with one attached hydrogen (secondary N) is 2. The summed E-state index contributed by atoms with van der Waals surface area (Å²) in [7, 11) is 0. The van der Waals surface area contributed by atoms with Crippen LogP contribution in [0.2, 0.25) is 0 Å². The SMILES string of the molecule is C[C@@H]1CCc2sc(C(=O)NNC(=O)CN3C(=O)Cc4ccccc4C3=O)cc2C1. The molecule has 1 atom stereocenters. The average molecular weight is 411 g/mol. The Morgan fingerprint density at radius 3 is 2.79 bits per heavy atom. The lowest BCUT2D eigenvalue weighted by Crippen LogP contribution is -2.51. The van der Waals surface area contributed by atoms with Gasteiger partial charge in [0.25, 0.3) is 17.7 Å². The molecule has 2 heterocycles. The molecule has 8 heteroatoms. The van der Waals surface area contributed by atoms with Gasteiger partial charge in [0.15, 0.2) is 0 Å². The fourth-order valence-corrected chi connectivity index (χ4v) is 4.85. The Hall–Kier alpha value is -3.00. The minimum atomic E-state index is -0.630. The van der Waals surface area contributed by atoms with E-state index in [1.165, 1.54) is 21.8 Å². The molecule has 150 valence electrons. The van der Waals surface area contributed by atoms with Crippen molar-refractivity contribution in [3.63, 3.8) is 0 Å². The normalized spacial score (nSPS) is 18.1. The predicted molar refractivity (Wildman–Crippen MR) is 107 cm³/mol. The molecule has 0 saturated carbocycles. The van der Waals surface area contributed by atoms with Crippen molar-refractivity contribution >= 4 is 35.0 Å². The van der Waals surface area contributed by atoms with Crippen LogP contribution < -0.4 is 10.9 Å². The van der Waals surface area contributed by atoms with E-state index in [1.54, 1.807) is 24.3 Å². The molecule has 0 spiro atoms. The van der Waals surface area contributed by atoms with Crippen molar-refractivity contribution in [1.82, 2.24) is 15.8 Å². The van der Waals surface area contributed by atoms with E-state index in [2.05, 4.69) is 17.8 Å². The highest BCUT2D eigenvalue weighted by molar-refractivity contribution is 7.14. The van der Waals surface area contributed by atoms with Crippen molar-refractivity contribution in [2.75, 3.05) is 6.54 Å². The van der Waals surface area contributed by atoms with Crippen molar-refractivity contribution in [3.8, 4) is 0 Å². The lowest BCUT2D eigenvalue weighted by Gasteiger charge is -2.26. The maximum Gasteiger partial charge on any atom is 0.279 e. The van der Waals surface area contributed by atoms with Gasteiger partial charge in [-0.2, -0.15) is 0 Å². The second kappa shape index (κ2) is 7.79. The van der Waals surface area contributed by atoms with Crippen LogP contribution in [0, 0.1) is 5.92 Å². The maximum atomic E-state index is 12.5. The molecule has 0 saturated heterocycles. The van der Waals surface area contributed by atoms with Gasteiger partial charge < -0.3 is 0 Å². The summed E-state index contributed by atoms with van der Waals surface area (Å²) in [6.07, 6.45) is 3.13. The Bertz CT molecular complexity index is 1010. The Morgan fingerprint density at radius 1 is 1.17 bits per heavy atom. The second-order valence-electron chi connectivity index (χ2n) is 7.53. The van der Waals surface area contributed by atoms with Crippen molar-refractivity contribution in [1.29, 1.82) is 0 Å². The van der Waals surface area contributed by atoms with E-state index in [9.17, 15) is 19.2 Å². The molecule has 1 aromatic heterocycles. The monoisotopic (exact) mass is 411 g/mol. The summed E-state index contributed by atoms with van der Waals surface area (Å²) in [5, 5.41) is 0. The lowest BCUT2D eigenvalue weighted by molar-refractivity contribution is -0.133. The number of amides is 4. The topological polar surface area (TPSA) is 95.6 Å². The number of hydrazine groups is 1. The number of benzene rings is 1. The van der Waals surface area contributed by atoms with Crippen LogP contribution in [0.5, 0.6) is 0 Å². The number of carbonyl (C=O) groups excluding carboxylic acids is 4. The molecule has 2 aliphatic rings. The van der Waals surface area contributed by atoms with Gasteiger partial charge >= 0.3 is 0 Å². The molecule has 0 radical (unpaired) electrons. The van der Waals surface area contributed by atoms with E-state index >= 15 is 0 Å². The first kappa shape index (κ1) is 19.3. The third-order valence-electron chi connectivity index (χ3n) is 5.31. The Balaban J connectivity index is 1.35. The number of hydrogen-bond donors (Lipinski definition) is 2. The molecule has 1 aliphatic heterocycles. The van der Waals surface area contributed by atoms with Gasteiger partial charge in [0, 0.05) is 10.4 Å². The van der Waals surface area contributed by atoms with Crippen molar-refractivity contribution < 1.29 is 19.2 Å². The molecule has 4 amide bonds. The van der Waals surface area contributed by atoms with E-state index in [1.807, 2.05) is 6.07 Å². The standard InChI is InChI=1S/C21H21N3O4S/c1-12-6-7-16-14(8-12)9-17(29-16)20(27)23-22-18(25)11-24-19(26)10-13-4-2-3-5-15(13)21(24)28/h2-5,9,12H,6-8,10-11H2,1H3,(H,22,25)(H,23,27)/t12-/m1/s1. The number of nitrogens with zero attached hydrogens (tertiary/aromatic N) is 1. The third kappa shape index (κ3) is 3.93. The summed E-state index contributed by atoms with van der Waals surface area (Å²) in [4.78, 5) is 52.0. The number of aryl methyl sites for hydroxylation is 1. The molecule has 0 bridgehead atoms. The molecule has 4 rings (SSSR count). The summed E-state index contributed by atoms with van der Waals surface area (Å²) in [6.45, 7) is 1.76. The van der Waals surface area contributed by atoms with E-state index < -0.39 is 30.2 Å². The zero-order valence-electron chi connectivity index (χ0n) is 16.0. The minimum Gasteiger partial charge on any atom is -0.274 e. The number of fused-ring (bicyclic) bond motifs is 2. The molecule has 0 unspecified atom stereocenters. The number of hydrogen-bond acceptors (Lipinski definition) is 5. The molecule has 2 N–H and O–H groups in total. The van der Waals surface area contributed by atoms with Gasteiger partial charge in [-0.15, -0.1) is 11.3 Å². The van der Waals surface area contributed by atoms with Gasteiger partial charge in [0.1, 0.15) is 6.54 Å². The third-order valence-corrected chi connectivity index (χ3v) is 6.54. The Labute approximate surface area is 172 Å². The van der Waals surface area contributed by atoms with E-state index in [0.29, 0.717) is 21.9 Å². The molecular weight excluding hydrogens is 390 g/mol. The fourth-order valence-electron chi connectivity index (χ4n) is 3.75. The van der Waals surface area contributed by atoms with E-state index in [-0.39, 0.29) is 6.42 Å². The van der Waals surface area contributed by atoms with Gasteiger partial charge in [-0.3, -0.25) is 34.9 Å². The summed E-state index contributed by atoms with van der Waals surface area (Å²) in [5.74, 6) is -1.35. The smallest absolute Gasteiger partial charge is 0.274 e. The van der Waals surface area contributed by atoms with Crippen molar-refractivity contribution in [2.24, 2.45) is 5.92 Å². The molecule has 0 fully saturated rings. The number of thiophene rings is 1. The van der Waals surface area contributed by atoms with Crippen LogP contribution in [-0.4, -0.2) is 35.1 Å². The van der Waals surface area contributed by atoms with Crippen LogP contribution in [0.25, 0.3) is 0 Å². The van der Waals surface area contributed by atoms with Crippen LogP contribution in [0.1, 0.15) is 49.4 Å². The summed E-state index contributed by atoms with van der Waals surface area (Å²) in [6, 6.07) is 8.72. The first-order valence-corrected chi connectivity index (χ1v) is 10.4. The maximum absolute atomic E-state index is 12.5. The van der Waals surface area contributed by atoms with Gasteiger partial charge in [-0.05, 0) is 48.4 Å². The van der Waals surface area contributed by atoms with Crippen molar-refractivity contribution in [3.05, 3.63) is 56.8 Å². The van der Waals surface area contributed by atoms with Gasteiger partial charge in [0.05, 0.1) is 11.3 Å². The zero-order valence-corrected chi connectivity index (χ0v) is 16.8. The highest BCUT2D eigenvalue weighted by Gasteiger charge is 2.32. The van der Waals surface area contributed by atoms with Crippen molar-refractivity contribution in [2.45, 2.75) is 32.6 Å². The van der Waals surface area contributed by atoms with Gasteiger partial charge in [-0.25, -0.2) is 0 Å². The summed E-state index contributed by atoms with van der Waals surface area (Å²) >= 11 is 1.44. The minimum absolute atomic E-state index is 0.0702. The van der Waals surface area contributed by atoms with E-state index in [4.69, 9.17) is 0 Å². The largest absolute Gasteiger partial charge is 0.279 e. The molecule has 1 aromatic carbocycles. The quantitative estimate of drug-likeness (QED) is 0.595. The lowest BCUT2D eigenvalue weighted by atomic mass is 9.90. The highest BCUT2D eigenvalue weighted by atomic mass is 32.1. The first-order valence-electron chi connectivity index (χ1n) is 9.55. The van der Waals surface area contributed by atoms with Gasteiger partial charge in [0.2, 0.25) is 5.91 Å². The highest BCUT2D eigenvalue weighted by Crippen LogP contribution is 2.32. The number of carbonyl (C=O) groups is 4. The molecule has 1 aliphatic carbocycles. The summed E-state index contributed by atoms with van der Waals surface area (Å²) < 4.78 is 0. The van der Waals surface area contributed by atoms with Crippen LogP contribution in [-0.2, 0) is 28.9 Å². The van der Waals surface area contributed by atoms with E-state index in [0.717, 1.165) is 24.2 Å². The van der Waals surface area contributed by atoms with Crippen LogP contribution in [0.15, 0.2) is 30.3 Å². The number of imide groups is 1. The number of rotatable bonds is 3. The van der Waals surface area contributed by atoms with Crippen LogP contribution >= 0.6 is 11.3 Å². The Kier molecular flexibility index (Phi) is 5.19. The average Bonchev–Trinajstić information content (AvgIpc) is 3.12. The predicted octanol–water partition coefficient (Wildman–Crippen LogP) is 1.86. The fraction of sp³-hybridized carbons (Fsp3) is 0.333. The Morgan fingerprint density at radius 2 is 1.97 bits per heavy atom. The van der Waals surface area contributed by atoms with Gasteiger partial charge in [-0.1, -0.05) is 25.1 Å².